The Morgan fingerprint density at radius 3 is 2.67 bits per heavy atom. The van der Waals surface area contributed by atoms with Gasteiger partial charge in [0.15, 0.2) is 0 Å². The van der Waals surface area contributed by atoms with Gasteiger partial charge in [-0.25, -0.2) is 4.79 Å². The van der Waals surface area contributed by atoms with Crippen molar-refractivity contribution >= 4 is 28.1 Å². The van der Waals surface area contributed by atoms with Crippen molar-refractivity contribution in [3.8, 4) is 5.75 Å². The molecule has 0 aliphatic carbocycles. The summed E-state index contributed by atoms with van der Waals surface area (Å²) in [5.41, 5.74) is 2.22. The highest BCUT2D eigenvalue weighted by Gasteiger charge is 2.09. The Bertz CT molecular complexity index is 831. The molecular formula is C19H20N2O2S. The van der Waals surface area contributed by atoms with Crippen LogP contribution < -0.4 is 10.1 Å². The molecule has 0 bridgehead atoms. The van der Waals surface area contributed by atoms with Crippen molar-refractivity contribution in [2.24, 2.45) is 0 Å². The first-order chi connectivity index (χ1) is 11.7. The molecular weight excluding hydrogens is 320 g/mol. The molecule has 0 fully saturated rings. The van der Waals surface area contributed by atoms with Gasteiger partial charge in [0.1, 0.15) is 5.75 Å². The fraction of sp³-hybridized carbons (Fsp3) is 0.211. The van der Waals surface area contributed by atoms with E-state index in [1.165, 1.54) is 0 Å². The maximum Gasteiger partial charge on any atom is 0.317 e. The number of carbonyl (C=O) groups is 1. The number of hydrogen-bond donors (Lipinski definition) is 1. The van der Waals surface area contributed by atoms with Gasteiger partial charge in [0.05, 0.1) is 7.11 Å². The topological polar surface area (TPSA) is 41.6 Å². The normalized spacial score (nSPS) is 10.6. The minimum Gasteiger partial charge on any atom is -0.497 e. The number of nitrogens with one attached hydrogen (secondary N) is 1. The van der Waals surface area contributed by atoms with E-state index in [4.69, 9.17) is 4.74 Å². The lowest BCUT2D eigenvalue weighted by molar-refractivity contribution is 0.206. The van der Waals surface area contributed by atoms with Crippen LogP contribution in [0.5, 0.6) is 5.75 Å². The van der Waals surface area contributed by atoms with Crippen molar-refractivity contribution < 1.29 is 9.53 Å². The van der Waals surface area contributed by atoms with Gasteiger partial charge in [-0.2, -0.15) is 11.3 Å². The summed E-state index contributed by atoms with van der Waals surface area (Å²) in [4.78, 5) is 13.9. The van der Waals surface area contributed by atoms with Crippen molar-refractivity contribution in [1.29, 1.82) is 0 Å². The SMILES string of the molecule is COc1ccc2cc(CNC(=O)N(C)Cc3ccsc3)ccc2c1. The van der Waals surface area contributed by atoms with Gasteiger partial charge in [-0.3, -0.25) is 0 Å². The highest BCUT2D eigenvalue weighted by atomic mass is 32.1. The second-order valence-corrected chi connectivity index (χ2v) is 6.47. The zero-order valence-electron chi connectivity index (χ0n) is 13.8. The molecule has 4 nitrogen and oxygen atoms in total. The summed E-state index contributed by atoms with van der Waals surface area (Å²) in [6.07, 6.45) is 0. The van der Waals surface area contributed by atoms with E-state index in [9.17, 15) is 4.79 Å². The molecule has 24 heavy (non-hydrogen) atoms. The van der Waals surface area contributed by atoms with Crippen LogP contribution in [0.15, 0.2) is 53.2 Å². The lowest BCUT2D eigenvalue weighted by Gasteiger charge is -2.17. The maximum atomic E-state index is 12.2. The van der Waals surface area contributed by atoms with Crippen LogP contribution in [0.4, 0.5) is 4.79 Å². The monoisotopic (exact) mass is 340 g/mol. The molecule has 0 aliphatic heterocycles. The summed E-state index contributed by atoms with van der Waals surface area (Å²) >= 11 is 1.64. The van der Waals surface area contributed by atoms with E-state index in [1.54, 1.807) is 30.4 Å². The third-order valence-electron chi connectivity index (χ3n) is 3.90. The fourth-order valence-corrected chi connectivity index (χ4v) is 3.21. The minimum atomic E-state index is -0.0731. The Balaban J connectivity index is 1.61. The molecule has 3 rings (SSSR count). The second kappa shape index (κ2) is 7.36. The molecule has 0 saturated carbocycles. The molecule has 0 radical (unpaired) electrons. The number of carbonyl (C=O) groups excluding carboxylic acids is 1. The lowest BCUT2D eigenvalue weighted by Crippen LogP contribution is -2.36. The molecule has 0 atom stereocenters. The number of rotatable bonds is 5. The number of urea groups is 1. The number of benzene rings is 2. The molecule has 5 heteroatoms. The van der Waals surface area contributed by atoms with Crippen molar-refractivity contribution in [2.75, 3.05) is 14.2 Å². The quantitative estimate of drug-likeness (QED) is 0.754. The van der Waals surface area contributed by atoms with Gasteiger partial charge < -0.3 is 15.0 Å². The first-order valence-corrected chi connectivity index (χ1v) is 8.67. The fourth-order valence-electron chi connectivity index (χ4n) is 2.55. The molecule has 1 aromatic heterocycles. The molecule has 0 spiro atoms. The van der Waals surface area contributed by atoms with Gasteiger partial charge >= 0.3 is 6.03 Å². The number of fused-ring (bicyclic) bond motifs is 1. The number of amides is 2. The Morgan fingerprint density at radius 1 is 1.12 bits per heavy atom. The molecule has 2 amide bonds. The molecule has 124 valence electrons. The first-order valence-electron chi connectivity index (χ1n) is 7.72. The van der Waals surface area contributed by atoms with E-state index in [2.05, 4.69) is 22.8 Å². The van der Waals surface area contributed by atoms with Crippen LogP contribution in [0.3, 0.4) is 0 Å². The number of ether oxygens (including phenoxy) is 1. The lowest BCUT2D eigenvalue weighted by atomic mass is 10.1. The summed E-state index contributed by atoms with van der Waals surface area (Å²) in [7, 11) is 3.47. The predicted octanol–water partition coefficient (Wildman–Crippen LogP) is 4.25. The first kappa shape index (κ1) is 16.3. The molecule has 1 N–H and O–H groups in total. The molecule has 0 unspecified atom stereocenters. The Kier molecular flexibility index (Phi) is 5.01. The minimum absolute atomic E-state index is 0.0731. The van der Waals surface area contributed by atoms with E-state index >= 15 is 0 Å². The summed E-state index contributed by atoms with van der Waals surface area (Å²) < 4.78 is 5.24. The van der Waals surface area contributed by atoms with Crippen molar-refractivity contribution in [3.63, 3.8) is 0 Å². The van der Waals surface area contributed by atoms with E-state index in [0.717, 1.165) is 27.6 Å². The predicted molar refractivity (Wildman–Crippen MR) is 98.5 cm³/mol. The van der Waals surface area contributed by atoms with Crippen LogP contribution in [-0.4, -0.2) is 25.1 Å². The van der Waals surface area contributed by atoms with Crippen LogP contribution in [0, 0.1) is 0 Å². The van der Waals surface area contributed by atoms with E-state index in [1.807, 2.05) is 35.7 Å². The average Bonchev–Trinajstić information content (AvgIpc) is 3.11. The summed E-state index contributed by atoms with van der Waals surface area (Å²) in [6.45, 7) is 1.13. The van der Waals surface area contributed by atoms with E-state index in [-0.39, 0.29) is 6.03 Å². The third-order valence-corrected chi connectivity index (χ3v) is 4.63. The van der Waals surface area contributed by atoms with Gasteiger partial charge in [-0.05, 0) is 56.9 Å². The van der Waals surface area contributed by atoms with Crippen molar-refractivity contribution in [1.82, 2.24) is 10.2 Å². The van der Waals surface area contributed by atoms with Gasteiger partial charge in [0, 0.05) is 20.1 Å². The van der Waals surface area contributed by atoms with Gasteiger partial charge in [0.25, 0.3) is 0 Å². The van der Waals surface area contributed by atoms with Crippen LogP contribution in [0.1, 0.15) is 11.1 Å². The Hall–Kier alpha value is -2.53. The number of nitrogens with zero attached hydrogens (tertiary/aromatic N) is 1. The molecule has 0 saturated heterocycles. The molecule has 3 aromatic rings. The maximum absolute atomic E-state index is 12.2. The smallest absolute Gasteiger partial charge is 0.317 e. The largest absolute Gasteiger partial charge is 0.497 e. The van der Waals surface area contributed by atoms with Gasteiger partial charge in [-0.15, -0.1) is 0 Å². The molecule has 1 heterocycles. The summed E-state index contributed by atoms with van der Waals surface area (Å²) in [5.74, 6) is 0.846. The zero-order valence-corrected chi connectivity index (χ0v) is 14.6. The Morgan fingerprint density at radius 2 is 1.92 bits per heavy atom. The van der Waals surface area contributed by atoms with Crippen LogP contribution in [0.2, 0.25) is 0 Å². The standard InChI is InChI=1S/C19H20N2O2S/c1-21(12-15-7-8-24-13-15)19(22)20-11-14-3-4-17-10-18(23-2)6-5-16(17)9-14/h3-10,13H,11-12H2,1-2H3,(H,20,22). The number of hydrogen-bond acceptors (Lipinski definition) is 3. The van der Waals surface area contributed by atoms with Crippen LogP contribution in [0.25, 0.3) is 10.8 Å². The third kappa shape index (κ3) is 3.86. The van der Waals surface area contributed by atoms with E-state index < -0.39 is 0 Å². The van der Waals surface area contributed by atoms with Crippen LogP contribution in [-0.2, 0) is 13.1 Å². The Labute approximate surface area is 145 Å². The summed E-state index contributed by atoms with van der Waals surface area (Å²) in [5, 5.41) is 9.30. The van der Waals surface area contributed by atoms with Gasteiger partial charge in [-0.1, -0.05) is 18.2 Å². The average molecular weight is 340 g/mol. The second-order valence-electron chi connectivity index (χ2n) is 5.69. The van der Waals surface area contributed by atoms with Crippen molar-refractivity contribution in [3.05, 3.63) is 64.4 Å². The highest BCUT2D eigenvalue weighted by molar-refractivity contribution is 7.07. The molecule has 0 aliphatic rings. The van der Waals surface area contributed by atoms with E-state index in [0.29, 0.717) is 13.1 Å². The van der Waals surface area contributed by atoms with Crippen molar-refractivity contribution in [2.45, 2.75) is 13.1 Å². The summed E-state index contributed by atoms with van der Waals surface area (Å²) in [6, 6.07) is 14.1. The van der Waals surface area contributed by atoms with Gasteiger partial charge in [0.2, 0.25) is 0 Å². The van der Waals surface area contributed by atoms with Crippen LogP contribution >= 0.6 is 11.3 Å². The molecule has 2 aromatic carbocycles. The number of thiophene rings is 1. The zero-order chi connectivity index (χ0) is 16.9. The number of methoxy groups -OCH3 is 1. The highest BCUT2D eigenvalue weighted by Crippen LogP contribution is 2.21.